The van der Waals surface area contributed by atoms with Crippen molar-refractivity contribution in [2.45, 2.75) is 6.92 Å². The molecule has 74 valence electrons. The standard InChI is InChI=1S/C11H13NO2/c1-3-6-9-7-4-5-8-10(9)14-11(13)12-2/h3-8H,1-2H3,(H,12,13)/b6-3+. The number of benzene rings is 1. The number of amides is 1. The van der Waals surface area contributed by atoms with Crippen molar-refractivity contribution < 1.29 is 9.53 Å². The maximum absolute atomic E-state index is 11.0. The number of hydrogen-bond acceptors (Lipinski definition) is 2. The lowest BCUT2D eigenvalue weighted by atomic mass is 10.2. The summed E-state index contributed by atoms with van der Waals surface area (Å²) < 4.78 is 5.05. The van der Waals surface area contributed by atoms with Gasteiger partial charge in [-0.3, -0.25) is 0 Å². The van der Waals surface area contributed by atoms with Gasteiger partial charge in [-0.1, -0.05) is 30.4 Å². The minimum Gasteiger partial charge on any atom is -0.410 e. The zero-order valence-corrected chi connectivity index (χ0v) is 8.28. The van der Waals surface area contributed by atoms with E-state index in [1.54, 1.807) is 6.07 Å². The molecule has 0 unspecified atom stereocenters. The second kappa shape index (κ2) is 5.07. The topological polar surface area (TPSA) is 38.3 Å². The van der Waals surface area contributed by atoms with Crippen molar-refractivity contribution in [2.24, 2.45) is 0 Å². The molecule has 3 heteroatoms. The third kappa shape index (κ3) is 2.62. The van der Waals surface area contributed by atoms with Gasteiger partial charge in [-0.15, -0.1) is 0 Å². The molecule has 0 bridgehead atoms. The Balaban J connectivity index is 2.89. The lowest BCUT2D eigenvalue weighted by molar-refractivity contribution is 0.203. The van der Waals surface area contributed by atoms with Crippen LogP contribution in [0.2, 0.25) is 0 Å². The summed E-state index contributed by atoms with van der Waals surface area (Å²) in [7, 11) is 1.53. The van der Waals surface area contributed by atoms with E-state index in [0.717, 1.165) is 5.56 Å². The van der Waals surface area contributed by atoms with E-state index in [0.29, 0.717) is 5.75 Å². The molecule has 1 N–H and O–H groups in total. The molecule has 1 amide bonds. The number of carbonyl (C=O) groups is 1. The van der Waals surface area contributed by atoms with Crippen LogP contribution in [0.4, 0.5) is 4.79 Å². The summed E-state index contributed by atoms with van der Waals surface area (Å²) in [4.78, 5) is 11.0. The van der Waals surface area contributed by atoms with Crippen molar-refractivity contribution in [3.8, 4) is 5.75 Å². The summed E-state index contributed by atoms with van der Waals surface area (Å²) in [6.07, 6.45) is 3.33. The van der Waals surface area contributed by atoms with Gasteiger partial charge in [0.1, 0.15) is 5.75 Å². The normalized spacial score (nSPS) is 10.1. The zero-order valence-electron chi connectivity index (χ0n) is 8.28. The summed E-state index contributed by atoms with van der Waals surface area (Å²) >= 11 is 0. The van der Waals surface area contributed by atoms with Crippen molar-refractivity contribution in [2.75, 3.05) is 7.05 Å². The average molecular weight is 191 g/mol. The molecular weight excluding hydrogens is 178 g/mol. The number of allylic oxidation sites excluding steroid dienone is 1. The molecule has 0 aliphatic rings. The Kier molecular flexibility index (Phi) is 3.73. The van der Waals surface area contributed by atoms with Crippen LogP contribution < -0.4 is 10.1 Å². The van der Waals surface area contributed by atoms with Crippen molar-refractivity contribution in [1.82, 2.24) is 5.32 Å². The van der Waals surface area contributed by atoms with Crippen LogP contribution in [0.1, 0.15) is 12.5 Å². The van der Waals surface area contributed by atoms with E-state index in [2.05, 4.69) is 5.32 Å². The number of ether oxygens (including phenoxy) is 1. The minimum atomic E-state index is -0.457. The fourth-order valence-corrected chi connectivity index (χ4v) is 1.04. The van der Waals surface area contributed by atoms with Crippen LogP contribution in [-0.4, -0.2) is 13.1 Å². The van der Waals surface area contributed by atoms with E-state index in [4.69, 9.17) is 4.74 Å². The third-order valence-corrected chi connectivity index (χ3v) is 1.67. The van der Waals surface area contributed by atoms with Crippen molar-refractivity contribution in [3.05, 3.63) is 35.9 Å². The van der Waals surface area contributed by atoms with Crippen LogP contribution in [0.25, 0.3) is 6.08 Å². The Bertz CT molecular complexity index is 345. The van der Waals surface area contributed by atoms with Gasteiger partial charge in [0.2, 0.25) is 0 Å². The van der Waals surface area contributed by atoms with Gasteiger partial charge in [-0.2, -0.15) is 0 Å². The first kappa shape index (κ1) is 10.3. The molecule has 14 heavy (non-hydrogen) atoms. The number of para-hydroxylation sites is 1. The first-order valence-electron chi connectivity index (χ1n) is 4.39. The number of nitrogens with one attached hydrogen (secondary N) is 1. The van der Waals surface area contributed by atoms with Gasteiger partial charge in [0.25, 0.3) is 0 Å². The Hall–Kier alpha value is -1.77. The van der Waals surface area contributed by atoms with E-state index < -0.39 is 6.09 Å². The maximum atomic E-state index is 11.0. The maximum Gasteiger partial charge on any atom is 0.412 e. The van der Waals surface area contributed by atoms with Gasteiger partial charge in [0.05, 0.1) is 0 Å². The highest BCUT2D eigenvalue weighted by Gasteiger charge is 2.03. The molecule has 0 heterocycles. The van der Waals surface area contributed by atoms with Gasteiger partial charge in [-0.25, -0.2) is 4.79 Å². The van der Waals surface area contributed by atoms with Crippen LogP contribution >= 0.6 is 0 Å². The molecular formula is C11H13NO2. The molecule has 3 nitrogen and oxygen atoms in total. The Morgan fingerprint density at radius 1 is 1.43 bits per heavy atom. The predicted octanol–water partition coefficient (Wildman–Crippen LogP) is 2.44. The average Bonchev–Trinajstić information content (AvgIpc) is 2.21. The first-order chi connectivity index (χ1) is 6.77. The van der Waals surface area contributed by atoms with E-state index in [9.17, 15) is 4.79 Å². The fraction of sp³-hybridized carbons (Fsp3) is 0.182. The van der Waals surface area contributed by atoms with E-state index in [1.807, 2.05) is 37.3 Å². The molecule has 0 saturated carbocycles. The SMILES string of the molecule is C/C=C/c1ccccc1OC(=O)NC. The summed E-state index contributed by atoms with van der Waals surface area (Å²) in [5.41, 5.74) is 0.888. The predicted molar refractivity (Wildman–Crippen MR) is 56.2 cm³/mol. The van der Waals surface area contributed by atoms with E-state index >= 15 is 0 Å². The Labute approximate surface area is 83.4 Å². The van der Waals surface area contributed by atoms with Crippen molar-refractivity contribution in [1.29, 1.82) is 0 Å². The van der Waals surface area contributed by atoms with E-state index in [1.165, 1.54) is 7.05 Å². The van der Waals surface area contributed by atoms with Crippen LogP contribution in [-0.2, 0) is 0 Å². The summed E-state index contributed by atoms with van der Waals surface area (Å²) in [6, 6.07) is 7.36. The van der Waals surface area contributed by atoms with Crippen LogP contribution in [0.3, 0.4) is 0 Å². The first-order valence-corrected chi connectivity index (χ1v) is 4.39. The molecule has 0 saturated heterocycles. The van der Waals surface area contributed by atoms with Crippen LogP contribution in [0, 0.1) is 0 Å². The quantitative estimate of drug-likeness (QED) is 0.779. The summed E-state index contributed by atoms with van der Waals surface area (Å²) in [5.74, 6) is 0.560. The van der Waals surface area contributed by atoms with Gasteiger partial charge in [-0.05, 0) is 13.0 Å². The van der Waals surface area contributed by atoms with Crippen molar-refractivity contribution >= 4 is 12.2 Å². The molecule has 0 aromatic heterocycles. The van der Waals surface area contributed by atoms with Crippen molar-refractivity contribution in [3.63, 3.8) is 0 Å². The molecule has 0 radical (unpaired) electrons. The molecule has 0 aliphatic heterocycles. The van der Waals surface area contributed by atoms with Crippen LogP contribution in [0.5, 0.6) is 5.75 Å². The van der Waals surface area contributed by atoms with E-state index in [-0.39, 0.29) is 0 Å². The number of carbonyl (C=O) groups excluding carboxylic acids is 1. The lowest BCUT2D eigenvalue weighted by Gasteiger charge is -2.05. The molecule has 0 aliphatic carbocycles. The van der Waals surface area contributed by atoms with Gasteiger partial charge >= 0.3 is 6.09 Å². The third-order valence-electron chi connectivity index (χ3n) is 1.67. The zero-order chi connectivity index (χ0) is 10.4. The highest BCUT2D eigenvalue weighted by atomic mass is 16.6. The molecule has 1 rings (SSSR count). The van der Waals surface area contributed by atoms with Gasteiger partial charge in [0.15, 0.2) is 0 Å². The molecule has 0 spiro atoms. The monoisotopic (exact) mass is 191 g/mol. The summed E-state index contributed by atoms with van der Waals surface area (Å²) in [5, 5.41) is 2.40. The smallest absolute Gasteiger partial charge is 0.410 e. The molecule has 0 fully saturated rings. The molecule has 0 atom stereocenters. The summed E-state index contributed by atoms with van der Waals surface area (Å²) in [6.45, 7) is 1.91. The van der Waals surface area contributed by atoms with Crippen LogP contribution in [0.15, 0.2) is 30.3 Å². The van der Waals surface area contributed by atoms with Gasteiger partial charge in [0, 0.05) is 12.6 Å². The molecule has 1 aromatic carbocycles. The van der Waals surface area contributed by atoms with Gasteiger partial charge < -0.3 is 10.1 Å². The lowest BCUT2D eigenvalue weighted by Crippen LogP contribution is -2.22. The highest BCUT2D eigenvalue weighted by Crippen LogP contribution is 2.19. The fourth-order valence-electron chi connectivity index (χ4n) is 1.04. The second-order valence-corrected chi connectivity index (χ2v) is 2.68. The molecule has 1 aromatic rings. The minimum absolute atomic E-state index is 0.457. The largest absolute Gasteiger partial charge is 0.412 e. The second-order valence-electron chi connectivity index (χ2n) is 2.68. The Morgan fingerprint density at radius 3 is 2.79 bits per heavy atom. The highest BCUT2D eigenvalue weighted by molar-refractivity contribution is 5.72. The Morgan fingerprint density at radius 2 is 2.14 bits per heavy atom. The number of hydrogen-bond donors (Lipinski definition) is 1. The number of rotatable bonds is 2.